The molecule has 2 heteroatoms. The van der Waals surface area contributed by atoms with Crippen LogP contribution in [0.4, 0.5) is 0 Å². The van der Waals surface area contributed by atoms with Gasteiger partial charge in [0.05, 0.1) is 0 Å². The van der Waals surface area contributed by atoms with Gasteiger partial charge in [-0.25, -0.2) is 0 Å². The first-order valence-corrected chi connectivity index (χ1v) is 8.52. The number of nitrogens with zero attached hydrogens (tertiary/aromatic N) is 1. The zero-order valence-electron chi connectivity index (χ0n) is 14.3. The number of hydrogen-bond donors (Lipinski definition) is 1. The number of rotatable bonds is 5. The van der Waals surface area contributed by atoms with Crippen molar-refractivity contribution in [2.75, 3.05) is 13.6 Å². The van der Waals surface area contributed by atoms with E-state index >= 15 is 0 Å². The summed E-state index contributed by atoms with van der Waals surface area (Å²) in [5, 5.41) is 3.59. The van der Waals surface area contributed by atoms with E-state index in [1.165, 1.54) is 24.9 Å². The second-order valence-corrected chi connectivity index (χ2v) is 7.14. The van der Waals surface area contributed by atoms with Crippen molar-refractivity contribution in [1.82, 2.24) is 10.2 Å². The maximum Gasteiger partial charge on any atom is 0.0478 e. The van der Waals surface area contributed by atoms with Crippen LogP contribution in [0.2, 0.25) is 0 Å². The number of nitrogens with one attached hydrogen (secondary N) is 1. The Morgan fingerprint density at radius 2 is 1.76 bits per heavy atom. The first-order chi connectivity index (χ1) is 10.0. The fourth-order valence-electron chi connectivity index (χ4n) is 3.89. The molecule has 1 fully saturated rings. The number of likely N-dealkylation sites (N-methyl/N-ethyl adjacent to an activating group) is 1. The van der Waals surface area contributed by atoms with Gasteiger partial charge in [0.2, 0.25) is 0 Å². The Morgan fingerprint density at radius 3 is 2.33 bits per heavy atom. The summed E-state index contributed by atoms with van der Waals surface area (Å²) in [4.78, 5) is 2.76. The van der Waals surface area contributed by atoms with Gasteiger partial charge in [-0.05, 0) is 44.2 Å². The van der Waals surface area contributed by atoms with Crippen molar-refractivity contribution in [2.24, 2.45) is 11.8 Å². The van der Waals surface area contributed by atoms with E-state index in [0.717, 1.165) is 5.92 Å². The van der Waals surface area contributed by atoms with Gasteiger partial charge in [0, 0.05) is 24.7 Å². The molecular formula is C19H32N2. The highest BCUT2D eigenvalue weighted by atomic mass is 15.2. The first-order valence-electron chi connectivity index (χ1n) is 8.52. The standard InChI is InChI=1S/C19H32N2/c1-14(2)19(21-13-15(3)11-12-16(21)4)18(20-5)17-9-7-6-8-10-17/h6-10,14-16,18-20H,11-13H2,1-5H3. The molecule has 1 N–H and O–H groups in total. The van der Waals surface area contributed by atoms with Gasteiger partial charge in [-0.1, -0.05) is 51.1 Å². The molecule has 0 radical (unpaired) electrons. The van der Waals surface area contributed by atoms with Crippen LogP contribution in [0.15, 0.2) is 30.3 Å². The van der Waals surface area contributed by atoms with E-state index in [1.807, 2.05) is 0 Å². The minimum atomic E-state index is 0.402. The highest BCUT2D eigenvalue weighted by molar-refractivity contribution is 5.21. The first kappa shape index (κ1) is 16.5. The van der Waals surface area contributed by atoms with Gasteiger partial charge in [0.1, 0.15) is 0 Å². The Kier molecular flexibility index (Phi) is 5.83. The Hall–Kier alpha value is -0.860. The van der Waals surface area contributed by atoms with Gasteiger partial charge >= 0.3 is 0 Å². The number of hydrogen-bond acceptors (Lipinski definition) is 2. The van der Waals surface area contributed by atoms with Crippen LogP contribution in [0.3, 0.4) is 0 Å². The SMILES string of the molecule is CNC(c1ccccc1)C(C(C)C)N1CC(C)CCC1C. The molecule has 1 aromatic rings. The molecule has 2 rings (SSSR count). The van der Waals surface area contributed by atoms with Crippen LogP contribution in [0.1, 0.15) is 52.1 Å². The highest BCUT2D eigenvalue weighted by Crippen LogP contribution is 2.32. The molecule has 0 aliphatic carbocycles. The fraction of sp³-hybridized carbons (Fsp3) is 0.684. The average Bonchev–Trinajstić information content (AvgIpc) is 2.48. The zero-order chi connectivity index (χ0) is 15.4. The molecule has 1 aliphatic heterocycles. The summed E-state index contributed by atoms with van der Waals surface area (Å²) in [5.41, 5.74) is 1.41. The molecule has 1 aromatic carbocycles. The average molecular weight is 288 g/mol. The molecule has 4 atom stereocenters. The maximum absolute atomic E-state index is 3.59. The molecule has 1 saturated heterocycles. The predicted molar refractivity (Wildman–Crippen MR) is 91.4 cm³/mol. The van der Waals surface area contributed by atoms with E-state index in [1.54, 1.807) is 0 Å². The topological polar surface area (TPSA) is 15.3 Å². The zero-order valence-corrected chi connectivity index (χ0v) is 14.3. The molecular weight excluding hydrogens is 256 g/mol. The van der Waals surface area contributed by atoms with Crippen LogP contribution in [0.25, 0.3) is 0 Å². The molecule has 2 nitrogen and oxygen atoms in total. The second-order valence-electron chi connectivity index (χ2n) is 7.14. The van der Waals surface area contributed by atoms with E-state index in [4.69, 9.17) is 0 Å². The van der Waals surface area contributed by atoms with Crippen molar-refractivity contribution in [3.05, 3.63) is 35.9 Å². The lowest BCUT2D eigenvalue weighted by molar-refractivity contribution is 0.0347. The second kappa shape index (κ2) is 7.42. The van der Waals surface area contributed by atoms with E-state index in [9.17, 15) is 0 Å². The largest absolute Gasteiger partial charge is 0.312 e. The van der Waals surface area contributed by atoms with Gasteiger partial charge in [-0.2, -0.15) is 0 Å². The van der Waals surface area contributed by atoms with Crippen LogP contribution in [0, 0.1) is 11.8 Å². The van der Waals surface area contributed by atoms with Crippen molar-refractivity contribution in [3.8, 4) is 0 Å². The van der Waals surface area contributed by atoms with Crippen molar-refractivity contribution < 1.29 is 0 Å². The summed E-state index contributed by atoms with van der Waals surface area (Å²) in [6, 6.07) is 12.6. The van der Waals surface area contributed by atoms with Crippen molar-refractivity contribution >= 4 is 0 Å². The summed E-state index contributed by atoms with van der Waals surface area (Å²) in [6.07, 6.45) is 2.70. The summed E-state index contributed by atoms with van der Waals surface area (Å²) in [6.45, 7) is 10.8. The van der Waals surface area contributed by atoms with Gasteiger partial charge < -0.3 is 5.32 Å². The number of likely N-dealkylation sites (tertiary alicyclic amines) is 1. The smallest absolute Gasteiger partial charge is 0.0478 e. The van der Waals surface area contributed by atoms with Crippen molar-refractivity contribution in [3.63, 3.8) is 0 Å². The minimum absolute atomic E-state index is 0.402. The molecule has 0 spiro atoms. The van der Waals surface area contributed by atoms with Gasteiger partial charge in [0.15, 0.2) is 0 Å². The third-order valence-corrected chi connectivity index (χ3v) is 5.04. The lowest BCUT2D eigenvalue weighted by Crippen LogP contribution is -2.54. The van der Waals surface area contributed by atoms with Crippen molar-refractivity contribution in [1.29, 1.82) is 0 Å². The third kappa shape index (κ3) is 3.87. The predicted octanol–water partition coefficient (Wildman–Crippen LogP) is 4.09. The third-order valence-electron chi connectivity index (χ3n) is 5.04. The monoisotopic (exact) mass is 288 g/mol. The van der Waals surface area contributed by atoms with E-state index in [2.05, 4.69) is 75.3 Å². The summed E-state index contributed by atoms with van der Waals surface area (Å²) in [5.74, 6) is 1.45. The van der Waals surface area contributed by atoms with Crippen LogP contribution < -0.4 is 5.32 Å². The van der Waals surface area contributed by atoms with E-state index in [0.29, 0.717) is 24.0 Å². The maximum atomic E-state index is 3.59. The quantitative estimate of drug-likeness (QED) is 0.878. The van der Waals surface area contributed by atoms with Gasteiger partial charge in [0.25, 0.3) is 0 Å². The molecule has 4 unspecified atom stereocenters. The normalized spacial score (nSPS) is 26.8. The lowest BCUT2D eigenvalue weighted by Gasteiger charge is -2.47. The highest BCUT2D eigenvalue weighted by Gasteiger charge is 2.35. The number of piperidine rings is 1. The minimum Gasteiger partial charge on any atom is -0.312 e. The van der Waals surface area contributed by atoms with E-state index in [-0.39, 0.29) is 0 Å². The Balaban J connectivity index is 2.28. The van der Waals surface area contributed by atoms with Gasteiger partial charge in [-0.3, -0.25) is 4.90 Å². The summed E-state index contributed by atoms with van der Waals surface area (Å²) < 4.78 is 0. The fourth-order valence-corrected chi connectivity index (χ4v) is 3.89. The molecule has 1 heterocycles. The molecule has 0 aromatic heterocycles. The Bertz CT molecular complexity index is 415. The molecule has 1 aliphatic rings. The van der Waals surface area contributed by atoms with E-state index < -0.39 is 0 Å². The molecule has 21 heavy (non-hydrogen) atoms. The van der Waals surface area contributed by atoms with Crippen molar-refractivity contribution in [2.45, 2.75) is 58.7 Å². The van der Waals surface area contributed by atoms with Crippen LogP contribution in [-0.2, 0) is 0 Å². The lowest BCUT2D eigenvalue weighted by atomic mass is 9.85. The molecule has 118 valence electrons. The molecule has 0 bridgehead atoms. The molecule has 0 amide bonds. The van der Waals surface area contributed by atoms with Gasteiger partial charge in [-0.15, -0.1) is 0 Å². The Morgan fingerprint density at radius 1 is 1.10 bits per heavy atom. The van der Waals surface area contributed by atoms with Crippen LogP contribution >= 0.6 is 0 Å². The number of benzene rings is 1. The van der Waals surface area contributed by atoms with Crippen LogP contribution in [0.5, 0.6) is 0 Å². The Labute approximate surface area is 130 Å². The van der Waals surface area contributed by atoms with Crippen LogP contribution in [-0.4, -0.2) is 30.6 Å². The summed E-state index contributed by atoms with van der Waals surface area (Å²) in [7, 11) is 2.10. The molecule has 0 saturated carbocycles. The summed E-state index contributed by atoms with van der Waals surface area (Å²) >= 11 is 0.